The normalized spacial score (nSPS) is 10.6. The summed E-state index contributed by atoms with van der Waals surface area (Å²) in [4.78, 5) is 28.2. The maximum absolute atomic E-state index is 11.1. The van der Waals surface area contributed by atoms with Gasteiger partial charge in [0.05, 0.1) is 23.5 Å². The van der Waals surface area contributed by atoms with Gasteiger partial charge in [0, 0.05) is 31.3 Å². The Labute approximate surface area is 144 Å². The Balaban J connectivity index is 1.76. The maximum atomic E-state index is 11.1. The molecule has 8 heteroatoms. The smallest absolute Gasteiger partial charge is 0.335 e. The summed E-state index contributed by atoms with van der Waals surface area (Å²) in [6, 6.07) is 4.62. The zero-order valence-electron chi connectivity index (χ0n) is 13.8. The number of nitrogens with one attached hydrogen (secondary N) is 1. The van der Waals surface area contributed by atoms with E-state index in [0.717, 1.165) is 18.8 Å². The molecule has 0 aliphatic carbocycles. The molecule has 0 amide bonds. The predicted molar refractivity (Wildman–Crippen MR) is 92.1 cm³/mol. The number of carboxylic acid groups (broad SMARTS) is 1. The van der Waals surface area contributed by atoms with Crippen LogP contribution in [0.25, 0.3) is 11.4 Å². The minimum absolute atomic E-state index is 0.166. The topological polar surface area (TPSA) is 106 Å². The molecule has 0 aliphatic heterocycles. The molecular formula is C17H18N6O2. The minimum Gasteiger partial charge on any atom is -0.478 e. The molecule has 3 heterocycles. The summed E-state index contributed by atoms with van der Waals surface area (Å²) in [6.07, 6.45) is 7.80. The van der Waals surface area contributed by atoms with Gasteiger partial charge in [-0.1, -0.05) is 6.92 Å². The van der Waals surface area contributed by atoms with Crippen LogP contribution in [-0.4, -0.2) is 35.6 Å². The van der Waals surface area contributed by atoms with Gasteiger partial charge in [0.2, 0.25) is 5.95 Å². The lowest BCUT2D eigenvalue weighted by molar-refractivity contribution is 0.0697. The average Bonchev–Trinajstić information content (AvgIpc) is 3.08. The molecule has 0 fully saturated rings. The van der Waals surface area contributed by atoms with Gasteiger partial charge in [0.1, 0.15) is 5.82 Å². The average molecular weight is 338 g/mol. The first-order valence-corrected chi connectivity index (χ1v) is 7.94. The highest BCUT2D eigenvalue weighted by Gasteiger charge is 2.09. The van der Waals surface area contributed by atoms with E-state index in [1.54, 1.807) is 18.5 Å². The summed E-state index contributed by atoms with van der Waals surface area (Å²) < 4.78 is 2.08. The van der Waals surface area contributed by atoms with Crippen molar-refractivity contribution >= 4 is 11.9 Å². The highest BCUT2D eigenvalue weighted by molar-refractivity contribution is 5.88. The fourth-order valence-electron chi connectivity index (χ4n) is 2.40. The third-order valence-corrected chi connectivity index (χ3v) is 3.60. The third kappa shape index (κ3) is 3.97. The SMILES string of the molecule is CCCn1ccnc1CNc1nccc(-c2cc(C(=O)O)ccn2)n1. The van der Waals surface area contributed by atoms with Gasteiger partial charge in [-0.15, -0.1) is 0 Å². The number of carboxylic acids is 1. The Morgan fingerprint density at radius 2 is 2.00 bits per heavy atom. The van der Waals surface area contributed by atoms with Crippen LogP contribution in [0.15, 0.2) is 43.0 Å². The Morgan fingerprint density at radius 3 is 2.80 bits per heavy atom. The molecule has 3 aromatic heterocycles. The molecule has 0 aromatic carbocycles. The first-order valence-electron chi connectivity index (χ1n) is 7.94. The van der Waals surface area contributed by atoms with E-state index in [-0.39, 0.29) is 5.56 Å². The zero-order chi connectivity index (χ0) is 17.6. The van der Waals surface area contributed by atoms with Gasteiger partial charge in [-0.25, -0.2) is 19.7 Å². The van der Waals surface area contributed by atoms with E-state index < -0.39 is 5.97 Å². The van der Waals surface area contributed by atoms with Gasteiger partial charge in [-0.3, -0.25) is 4.98 Å². The number of imidazole rings is 1. The molecular weight excluding hydrogens is 320 g/mol. The number of rotatable bonds is 7. The summed E-state index contributed by atoms with van der Waals surface area (Å²) in [5, 5.41) is 12.2. The molecule has 0 atom stereocenters. The summed E-state index contributed by atoms with van der Waals surface area (Å²) in [7, 11) is 0. The van der Waals surface area contributed by atoms with Gasteiger partial charge >= 0.3 is 5.97 Å². The van der Waals surface area contributed by atoms with Crippen molar-refractivity contribution in [1.82, 2.24) is 24.5 Å². The number of aromatic carboxylic acids is 1. The second-order valence-electron chi connectivity index (χ2n) is 5.39. The van der Waals surface area contributed by atoms with Gasteiger partial charge in [0.25, 0.3) is 0 Å². The number of hydrogen-bond donors (Lipinski definition) is 2. The van der Waals surface area contributed by atoms with Gasteiger partial charge in [-0.05, 0) is 24.6 Å². The summed E-state index contributed by atoms with van der Waals surface area (Å²) in [5.74, 6) is 0.340. The van der Waals surface area contributed by atoms with Crippen molar-refractivity contribution in [3.05, 3.63) is 54.4 Å². The minimum atomic E-state index is -1.00. The van der Waals surface area contributed by atoms with E-state index in [1.165, 1.54) is 18.3 Å². The molecule has 0 radical (unpaired) electrons. The second-order valence-corrected chi connectivity index (χ2v) is 5.39. The van der Waals surface area contributed by atoms with Crippen molar-refractivity contribution in [3.63, 3.8) is 0 Å². The first kappa shape index (κ1) is 16.6. The highest BCUT2D eigenvalue weighted by atomic mass is 16.4. The van der Waals surface area contributed by atoms with Gasteiger partial charge < -0.3 is 15.0 Å². The van der Waals surface area contributed by atoms with Crippen LogP contribution in [0, 0.1) is 0 Å². The Hall–Kier alpha value is -3.29. The molecule has 2 N–H and O–H groups in total. The summed E-state index contributed by atoms with van der Waals surface area (Å²) in [5.41, 5.74) is 1.20. The maximum Gasteiger partial charge on any atom is 0.335 e. The predicted octanol–water partition coefficient (Wildman–Crippen LogP) is 2.46. The molecule has 0 saturated carbocycles. The molecule has 3 rings (SSSR count). The van der Waals surface area contributed by atoms with E-state index in [4.69, 9.17) is 5.11 Å². The molecule has 25 heavy (non-hydrogen) atoms. The van der Waals surface area contributed by atoms with Crippen LogP contribution in [0.5, 0.6) is 0 Å². The molecule has 3 aromatic rings. The molecule has 0 spiro atoms. The van der Waals surface area contributed by atoms with Crippen molar-refractivity contribution in [2.75, 3.05) is 5.32 Å². The molecule has 0 saturated heterocycles. The van der Waals surface area contributed by atoms with Crippen molar-refractivity contribution < 1.29 is 9.90 Å². The molecule has 0 aliphatic rings. The van der Waals surface area contributed by atoms with Crippen LogP contribution in [0.2, 0.25) is 0 Å². The van der Waals surface area contributed by atoms with E-state index in [0.29, 0.717) is 23.9 Å². The zero-order valence-corrected chi connectivity index (χ0v) is 13.8. The molecule has 0 unspecified atom stereocenters. The molecule has 0 bridgehead atoms. The number of carbonyl (C=O) groups is 1. The van der Waals surface area contributed by atoms with E-state index in [9.17, 15) is 4.79 Å². The number of pyridine rings is 1. The lowest BCUT2D eigenvalue weighted by atomic mass is 10.2. The number of aryl methyl sites for hydroxylation is 1. The van der Waals surface area contributed by atoms with Crippen LogP contribution in [0.4, 0.5) is 5.95 Å². The van der Waals surface area contributed by atoms with E-state index in [1.807, 2.05) is 6.20 Å². The van der Waals surface area contributed by atoms with Crippen molar-refractivity contribution in [2.45, 2.75) is 26.4 Å². The van der Waals surface area contributed by atoms with Gasteiger partial charge in [-0.2, -0.15) is 0 Å². The van der Waals surface area contributed by atoms with Crippen LogP contribution in [-0.2, 0) is 13.1 Å². The summed E-state index contributed by atoms with van der Waals surface area (Å²) >= 11 is 0. The van der Waals surface area contributed by atoms with Crippen molar-refractivity contribution in [2.24, 2.45) is 0 Å². The Bertz CT molecular complexity index is 877. The standard InChI is InChI=1S/C17H18N6O2/c1-2-8-23-9-7-19-15(23)11-21-17-20-6-4-13(22-17)14-10-12(16(24)25)3-5-18-14/h3-7,9-10H,2,8,11H2,1H3,(H,24,25)(H,20,21,22). The van der Waals surface area contributed by atoms with Crippen LogP contribution >= 0.6 is 0 Å². The lowest BCUT2D eigenvalue weighted by Gasteiger charge is -2.08. The lowest BCUT2D eigenvalue weighted by Crippen LogP contribution is -2.10. The largest absolute Gasteiger partial charge is 0.478 e. The number of nitrogens with zero attached hydrogens (tertiary/aromatic N) is 5. The Kier molecular flexibility index (Phi) is 4.98. The van der Waals surface area contributed by atoms with Gasteiger partial charge in [0.15, 0.2) is 0 Å². The Morgan fingerprint density at radius 1 is 1.16 bits per heavy atom. The number of hydrogen-bond acceptors (Lipinski definition) is 6. The summed E-state index contributed by atoms with van der Waals surface area (Å²) in [6.45, 7) is 3.52. The van der Waals surface area contributed by atoms with Crippen molar-refractivity contribution in [1.29, 1.82) is 0 Å². The van der Waals surface area contributed by atoms with Crippen molar-refractivity contribution in [3.8, 4) is 11.4 Å². The van der Waals surface area contributed by atoms with Crippen LogP contribution in [0.3, 0.4) is 0 Å². The monoisotopic (exact) mass is 338 g/mol. The quantitative estimate of drug-likeness (QED) is 0.681. The second kappa shape index (κ2) is 7.52. The number of aromatic nitrogens is 5. The number of anilines is 1. The van der Waals surface area contributed by atoms with E-state index in [2.05, 4.69) is 36.7 Å². The molecule has 128 valence electrons. The molecule has 8 nitrogen and oxygen atoms in total. The highest BCUT2D eigenvalue weighted by Crippen LogP contribution is 2.16. The fourth-order valence-corrected chi connectivity index (χ4v) is 2.40. The van der Waals surface area contributed by atoms with Crippen LogP contribution in [0.1, 0.15) is 29.5 Å². The van der Waals surface area contributed by atoms with E-state index >= 15 is 0 Å². The first-order chi connectivity index (χ1) is 12.2. The fraction of sp³-hybridized carbons (Fsp3) is 0.235. The van der Waals surface area contributed by atoms with Crippen LogP contribution < -0.4 is 5.32 Å². The third-order valence-electron chi connectivity index (χ3n) is 3.60.